The summed E-state index contributed by atoms with van der Waals surface area (Å²) in [6, 6.07) is 9.25. The Labute approximate surface area is 68.4 Å². The molecule has 1 atom stereocenters. The zero-order valence-electron chi connectivity index (χ0n) is 5.38. The molecular weight excluding hydrogens is 167 g/mol. The van der Waals surface area contributed by atoms with E-state index in [1.807, 2.05) is 30.3 Å². The summed E-state index contributed by atoms with van der Waals surface area (Å²) in [5.41, 5.74) is 0.937. The van der Waals surface area contributed by atoms with Gasteiger partial charge in [-0.3, -0.25) is 0 Å². The lowest BCUT2D eigenvalue weighted by molar-refractivity contribution is -0.00000863. The molecule has 0 radical (unpaired) electrons. The number of carbonyl (C=O) groups is 1. The van der Waals surface area contributed by atoms with Gasteiger partial charge in [-0.05, 0) is 12.1 Å². The highest BCUT2D eigenvalue weighted by molar-refractivity contribution is 7.41. The fourth-order valence-corrected chi connectivity index (χ4v) is 0.860. The highest BCUT2D eigenvalue weighted by atomic mass is 35.5. The summed E-state index contributed by atoms with van der Waals surface area (Å²) in [6.07, 6.45) is 0. The van der Waals surface area contributed by atoms with Gasteiger partial charge in [0, 0.05) is 9.24 Å². The van der Waals surface area contributed by atoms with Crippen molar-refractivity contribution in [2.75, 3.05) is 0 Å². The largest absolute Gasteiger partial charge is 1.00 e. The van der Waals surface area contributed by atoms with Crippen LogP contribution in [0.15, 0.2) is 30.3 Å². The zero-order chi connectivity index (χ0) is 6.69. The van der Waals surface area contributed by atoms with Crippen molar-refractivity contribution < 1.29 is 17.2 Å². The lowest BCUT2D eigenvalue weighted by Gasteiger charge is -1.85. The van der Waals surface area contributed by atoms with Crippen LogP contribution in [0.5, 0.6) is 0 Å². The minimum Gasteiger partial charge on any atom is -1.00 e. The standard InChI is InChI=1S/C7H7OP.ClH/c8-7(9)6-4-2-1-3-5-6;/h1-5H,9H2;1H. The van der Waals surface area contributed by atoms with Crippen LogP contribution in [-0.2, 0) is 0 Å². The molecule has 0 fully saturated rings. The van der Waals surface area contributed by atoms with Crippen molar-refractivity contribution in [2.24, 2.45) is 0 Å². The van der Waals surface area contributed by atoms with Gasteiger partial charge in [0.2, 0.25) is 0 Å². The summed E-state index contributed by atoms with van der Waals surface area (Å²) in [5, 5.41) is 0. The highest BCUT2D eigenvalue weighted by Gasteiger charge is 1.98. The number of hydrogen-bond acceptors (Lipinski definition) is 1. The first-order valence-electron chi connectivity index (χ1n) is 2.72. The maximum absolute atomic E-state index is 10.7. The summed E-state index contributed by atoms with van der Waals surface area (Å²) in [7, 11) is 1.38. The summed E-state index contributed by atoms with van der Waals surface area (Å²) < 4.78 is 0. The van der Waals surface area contributed by atoms with Crippen molar-refractivity contribution in [3.05, 3.63) is 35.9 Å². The van der Waals surface area contributed by atoms with Crippen LogP contribution in [0.3, 0.4) is 0 Å². The van der Waals surface area contributed by atoms with E-state index in [1.54, 1.807) is 0 Å². The second-order valence-electron chi connectivity index (χ2n) is 1.79. The second kappa shape index (κ2) is 4.43. The molecule has 0 amide bonds. The number of rotatable bonds is 1. The van der Waals surface area contributed by atoms with Gasteiger partial charge in [-0.1, -0.05) is 18.2 Å². The molecule has 0 N–H and O–H groups in total. The molecule has 0 bridgehead atoms. The van der Waals surface area contributed by atoms with Crippen LogP contribution in [0, 0.1) is 0 Å². The molecule has 0 aliphatic rings. The van der Waals surface area contributed by atoms with E-state index in [0.717, 1.165) is 5.56 Å². The van der Waals surface area contributed by atoms with E-state index in [-0.39, 0.29) is 17.9 Å². The fourth-order valence-electron chi connectivity index (χ4n) is 0.624. The molecule has 1 aromatic rings. The minimum absolute atomic E-state index is 0. The Hall–Kier alpha value is -0.390. The monoisotopic (exact) mass is 174 g/mol. The van der Waals surface area contributed by atoms with Gasteiger partial charge in [-0.2, -0.15) is 0 Å². The molecule has 0 aliphatic carbocycles. The molecule has 3 heteroatoms. The van der Waals surface area contributed by atoms with Gasteiger partial charge in [0.15, 0.2) is 0 Å². The molecule has 0 saturated carbocycles. The highest BCUT2D eigenvalue weighted by Crippen LogP contribution is 2.03. The van der Waals surface area contributed by atoms with E-state index in [2.05, 4.69) is 0 Å². The van der Waals surface area contributed by atoms with E-state index in [1.165, 1.54) is 9.24 Å². The Balaban J connectivity index is 0.000000810. The van der Waals surface area contributed by atoms with Crippen molar-refractivity contribution in [2.45, 2.75) is 0 Å². The minimum atomic E-state index is 0. The Morgan fingerprint density at radius 1 is 1.20 bits per heavy atom. The SMILES string of the molecule is O=C([PH3+])c1ccccc1.[Cl-]. The Kier molecular flexibility index (Phi) is 4.26. The molecule has 10 heavy (non-hydrogen) atoms. The zero-order valence-corrected chi connectivity index (χ0v) is 7.55. The van der Waals surface area contributed by atoms with Gasteiger partial charge >= 0.3 is 0 Å². The number of benzene rings is 1. The molecule has 1 unspecified atom stereocenters. The van der Waals surface area contributed by atoms with Crippen LogP contribution in [0.2, 0.25) is 0 Å². The second-order valence-corrected chi connectivity index (χ2v) is 2.43. The van der Waals surface area contributed by atoms with Crippen molar-refractivity contribution >= 4 is 14.8 Å². The van der Waals surface area contributed by atoms with Gasteiger partial charge in [-0.25, -0.2) is 4.79 Å². The molecule has 0 aromatic heterocycles. The molecule has 0 saturated heterocycles. The van der Waals surface area contributed by atoms with Gasteiger partial charge in [-0.15, -0.1) is 0 Å². The van der Waals surface area contributed by atoms with Crippen LogP contribution < -0.4 is 12.4 Å². The quantitative estimate of drug-likeness (QED) is 0.471. The van der Waals surface area contributed by atoms with Crippen molar-refractivity contribution in [1.29, 1.82) is 0 Å². The Morgan fingerprint density at radius 2 is 1.70 bits per heavy atom. The fraction of sp³-hybridized carbons (Fsp3) is 0. The first-order chi connectivity index (χ1) is 4.30. The van der Waals surface area contributed by atoms with Crippen LogP contribution in [0.25, 0.3) is 0 Å². The van der Waals surface area contributed by atoms with Gasteiger partial charge in [0.25, 0.3) is 5.52 Å². The van der Waals surface area contributed by atoms with Gasteiger partial charge < -0.3 is 12.4 Å². The molecule has 1 nitrogen and oxygen atoms in total. The summed E-state index contributed by atoms with van der Waals surface area (Å²) in [4.78, 5) is 10.7. The lowest BCUT2D eigenvalue weighted by atomic mass is 10.2. The summed E-state index contributed by atoms with van der Waals surface area (Å²) >= 11 is 0. The molecule has 1 rings (SSSR count). The Morgan fingerprint density at radius 3 is 2.00 bits per heavy atom. The molecule has 1 aromatic carbocycles. The van der Waals surface area contributed by atoms with E-state index in [4.69, 9.17) is 0 Å². The predicted molar refractivity (Wildman–Crippen MR) is 41.9 cm³/mol. The van der Waals surface area contributed by atoms with Gasteiger partial charge in [0.1, 0.15) is 0 Å². The van der Waals surface area contributed by atoms with Crippen molar-refractivity contribution in [3.8, 4) is 0 Å². The van der Waals surface area contributed by atoms with E-state index in [0.29, 0.717) is 0 Å². The Bertz CT molecular complexity index is 210. The average molecular weight is 175 g/mol. The topological polar surface area (TPSA) is 17.1 Å². The molecular formula is C7H8ClOP. The van der Waals surface area contributed by atoms with Crippen molar-refractivity contribution in [3.63, 3.8) is 0 Å². The van der Waals surface area contributed by atoms with E-state index < -0.39 is 0 Å². The maximum Gasteiger partial charge on any atom is 0.290 e. The average Bonchev–Trinajstić information content (AvgIpc) is 1.90. The number of halogens is 1. The van der Waals surface area contributed by atoms with E-state index >= 15 is 0 Å². The number of hydrogen-bond donors (Lipinski definition) is 0. The normalized spacial score (nSPS) is 8.40. The van der Waals surface area contributed by atoms with E-state index in [9.17, 15) is 4.79 Å². The third-order valence-electron chi connectivity index (χ3n) is 1.10. The smallest absolute Gasteiger partial charge is 0.290 e. The van der Waals surface area contributed by atoms with Crippen LogP contribution >= 0.6 is 9.24 Å². The van der Waals surface area contributed by atoms with Crippen LogP contribution in [0.4, 0.5) is 0 Å². The lowest BCUT2D eigenvalue weighted by Crippen LogP contribution is -3.00. The predicted octanol–water partition coefficient (Wildman–Crippen LogP) is -1.56. The first-order valence-corrected chi connectivity index (χ1v) is 3.43. The molecule has 0 spiro atoms. The number of carbonyl (C=O) groups excluding carboxylic acids is 1. The third-order valence-corrected chi connectivity index (χ3v) is 1.50. The summed E-state index contributed by atoms with van der Waals surface area (Å²) in [6.45, 7) is 0. The maximum atomic E-state index is 10.7. The van der Waals surface area contributed by atoms with Crippen LogP contribution in [-0.4, -0.2) is 5.52 Å². The molecule has 0 aliphatic heterocycles. The molecule has 54 valence electrons. The van der Waals surface area contributed by atoms with Crippen molar-refractivity contribution in [1.82, 2.24) is 0 Å². The molecule has 0 heterocycles. The van der Waals surface area contributed by atoms with Gasteiger partial charge in [0.05, 0.1) is 5.56 Å². The summed E-state index contributed by atoms with van der Waals surface area (Å²) in [5.74, 6) is 0. The third kappa shape index (κ3) is 2.47. The van der Waals surface area contributed by atoms with Crippen LogP contribution in [0.1, 0.15) is 10.4 Å². The first kappa shape index (κ1) is 9.61.